The summed E-state index contributed by atoms with van der Waals surface area (Å²) in [5.74, 6) is 1.25. The molecule has 1 aromatic heterocycles. The van der Waals surface area contributed by atoms with Gasteiger partial charge in [-0.15, -0.1) is 11.8 Å². The molecule has 0 N–H and O–H groups in total. The molecule has 1 saturated heterocycles. The van der Waals surface area contributed by atoms with Gasteiger partial charge in [0.1, 0.15) is 0 Å². The zero-order valence-corrected chi connectivity index (χ0v) is 17.1. The van der Waals surface area contributed by atoms with Gasteiger partial charge >= 0.3 is 0 Å². The number of hydrogen-bond acceptors (Lipinski definition) is 5. The maximum absolute atomic E-state index is 12.9. The van der Waals surface area contributed by atoms with E-state index in [4.69, 9.17) is 0 Å². The Labute approximate surface area is 169 Å². The fraction of sp³-hybridized carbons (Fsp3) is 0.500. The van der Waals surface area contributed by atoms with Crippen LogP contribution in [0.3, 0.4) is 0 Å². The number of aromatic nitrogens is 2. The molecule has 2 heterocycles. The highest BCUT2D eigenvalue weighted by Crippen LogP contribution is 2.32. The number of imidazole rings is 1. The van der Waals surface area contributed by atoms with Gasteiger partial charge in [0, 0.05) is 43.2 Å². The number of benzene rings is 1. The van der Waals surface area contributed by atoms with E-state index >= 15 is 0 Å². The molecule has 150 valence electrons. The van der Waals surface area contributed by atoms with Gasteiger partial charge in [-0.1, -0.05) is 13.8 Å². The van der Waals surface area contributed by atoms with Crippen molar-refractivity contribution in [3.05, 3.63) is 52.6 Å². The monoisotopic (exact) mass is 402 g/mol. The second kappa shape index (κ2) is 9.23. The van der Waals surface area contributed by atoms with Gasteiger partial charge in [0.25, 0.3) is 11.6 Å². The molecule has 0 saturated carbocycles. The Balaban J connectivity index is 1.66. The van der Waals surface area contributed by atoms with Crippen molar-refractivity contribution in [3.8, 4) is 0 Å². The highest BCUT2D eigenvalue weighted by Gasteiger charge is 2.26. The van der Waals surface area contributed by atoms with Crippen LogP contribution in [0.2, 0.25) is 0 Å². The first-order valence-corrected chi connectivity index (χ1v) is 10.6. The fourth-order valence-corrected chi connectivity index (χ4v) is 4.61. The summed E-state index contributed by atoms with van der Waals surface area (Å²) in [7, 11) is 0. The molecule has 28 heavy (non-hydrogen) atoms. The van der Waals surface area contributed by atoms with Crippen LogP contribution in [0, 0.1) is 16.0 Å². The third-order valence-corrected chi connectivity index (χ3v) is 6.15. The Morgan fingerprint density at radius 2 is 2.11 bits per heavy atom. The minimum absolute atomic E-state index is 0.0212. The summed E-state index contributed by atoms with van der Waals surface area (Å²) in [5, 5.41) is 11.5. The summed E-state index contributed by atoms with van der Waals surface area (Å²) in [6.45, 7) is 5.54. The van der Waals surface area contributed by atoms with E-state index in [1.165, 1.54) is 17.8 Å². The number of piperidine rings is 1. The van der Waals surface area contributed by atoms with Gasteiger partial charge < -0.3 is 9.47 Å². The molecule has 0 unspecified atom stereocenters. The summed E-state index contributed by atoms with van der Waals surface area (Å²) in [4.78, 5) is 30.5. The number of rotatable bonds is 7. The van der Waals surface area contributed by atoms with Gasteiger partial charge in [0.05, 0.1) is 16.1 Å². The van der Waals surface area contributed by atoms with E-state index in [1.807, 2.05) is 6.20 Å². The van der Waals surface area contributed by atoms with E-state index < -0.39 is 0 Å². The van der Waals surface area contributed by atoms with E-state index in [0.717, 1.165) is 25.0 Å². The molecular weight excluding hydrogens is 376 g/mol. The summed E-state index contributed by atoms with van der Waals surface area (Å²) in [5.41, 5.74) is 0.411. The number of hydrogen-bond donors (Lipinski definition) is 0. The van der Waals surface area contributed by atoms with Crippen LogP contribution >= 0.6 is 11.8 Å². The van der Waals surface area contributed by atoms with Crippen LogP contribution < -0.4 is 0 Å². The maximum Gasteiger partial charge on any atom is 0.283 e. The number of nitrogens with zero attached hydrogens (tertiary/aromatic N) is 4. The first kappa shape index (κ1) is 20.4. The molecule has 8 heteroatoms. The Kier molecular flexibility index (Phi) is 6.72. The quantitative estimate of drug-likeness (QED) is 0.389. The van der Waals surface area contributed by atoms with E-state index in [1.54, 1.807) is 29.6 Å². The molecular formula is C20H26N4O3S. The molecule has 7 nitrogen and oxygen atoms in total. The zero-order valence-electron chi connectivity index (χ0n) is 16.3. The lowest BCUT2D eigenvalue weighted by Gasteiger charge is -2.32. The van der Waals surface area contributed by atoms with Gasteiger partial charge in [-0.25, -0.2) is 4.98 Å². The standard InChI is InChI=1S/C20H26N4O3S/c1-15(2)7-12-28-19-4-3-16(13-18(19)24(26)27)20(25)22-9-5-17(6-10-22)23-11-8-21-14-23/h3-4,8,11,13-15,17H,5-7,9-10,12H2,1-2H3. The highest BCUT2D eigenvalue weighted by molar-refractivity contribution is 7.99. The number of likely N-dealkylation sites (tertiary alicyclic amines) is 1. The number of amides is 1. The van der Waals surface area contributed by atoms with Crippen molar-refractivity contribution >= 4 is 23.4 Å². The lowest BCUT2D eigenvalue weighted by Crippen LogP contribution is -2.38. The maximum atomic E-state index is 12.9. The number of thioether (sulfide) groups is 1. The smallest absolute Gasteiger partial charge is 0.283 e. The average molecular weight is 403 g/mol. The van der Waals surface area contributed by atoms with Crippen LogP contribution in [0.5, 0.6) is 0 Å². The molecule has 0 atom stereocenters. The molecule has 0 aliphatic carbocycles. The predicted octanol–water partition coefficient (Wildman–Crippen LogP) is 4.41. The van der Waals surface area contributed by atoms with Crippen LogP contribution in [0.25, 0.3) is 0 Å². The molecule has 1 amide bonds. The van der Waals surface area contributed by atoms with Crippen molar-refractivity contribution in [3.63, 3.8) is 0 Å². The Hall–Kier alpha value is -2.35. The topological polar surface area (TPSA) is 81.3 Å². The Morgan fingerprint density at radius 1 is 1.36 bits per heavy atom. The molecule has 1 aromatic carbocycles. The molecule has 1 aliphatic rings. The number of carbonyl (C=O) groups excluding carboxylic acids is 1. The first-order valence-electron chi connectivity index (χ1n) is 9.63. The zero-order chi connectivity index (χ0) is 20.1. The lowest BCUT2D eigenvalue weighted by molar-refractivity contribution is -0.387. The number of nitro groups is 1. The minimum atomic E-state index is -0.389. The van der Waals surface area contributed by atoms with E-state index in [2.05, 4.69) is 23.4 Å². The van der Waals surface area contributed by atoms with E-state index in [0.29, 0.717) is 35.5 Å². The second-order valence-corrected chi connectivity index (χ2v) is 8.64. The fourth-order valence-electron chi connectivity index (χ4n) is 3.35. The van der Waals surface area contributed by atoms with Crippen molar-refractivity contribution in [2.24, 2.45) is 5.92 Å². The molecule has 1 aliphatic heterocycles. The number of carbonyl (C=O) groups is 1. The number of nitro benzene ring substituents is 1. The summed E-state index contributed by atoms with van der Waals surface area (Å²) >= 11 is 1.48. The Bertz CT molecular complexity index is 815. The average Bonchev–Trinajstić information content (AvgIpc) is 3.22. The van der Waals surface area contributed by atoms with Crippen molar-refractivity contribution in [2.45, 2.75) is 44.0 Å². The van der Waals surface area contributed by atoms with E-state index in [9.17, 15) is 14.9 Å². The van der Waals surface area contributed by atoms with E-state index in [-0.39, 0.29) is 16.5 Å². The molecule has 0 bridgehead atoms. The van der Waals surface area contributed by atoms with Crippen LogP contribution in [0.1, 0.15) is 49.5 Å². The SMILES string of the molecule is CC(C)CCSc1ccc(C(=O)N2CCC(n3ccnc3)CC2)cc1[N+](=O)[O-]. The van der Waals surface area contributed by atoms with Crippen molar-refractivity contribution in [1.82, 2.24) is 14.5 Å². The van der Waals surface area contributed by atoms with Crippen LogP contribution in [-0.4, -0.2) is 44.1 Å². The van der Waals surface area contributed by atoms with Crippen LogP contribution in [0.15, 0.2) is 41.8 Å². The largest absolute Gasteiger partial charge is 0.338 e. The molecule has 0 spiro atoms. The lowest BCUT2D eigenvalue weighted by atomic mass is 10.0. The van der Waals surface area contributed by atoms with Crippen molar-refractivity contribution in [2.75, 3.05) is 18.8 Å². The van der Waals surface area contributed by atoms with Gasteiger partial charge in [-0.3, -0.25) is 14.9 Å². The molecule has 0 radical (unpaired) electrons. The normalized spacial score (nSPS) is 15.2. The molecule has 2 aromatic rings. The minimum Gasteiger partial charge on any atom is -0.338 e. The summed E-state index contributed by atoms with van der Waals surface area (Å²) in [6, 6.07) is 5.21. The van der Waals surface area contributed by atoms with Crippen LogP contribution in [-0.2, 0) is 0 Å². The Morgan fingerprint density at radius 3 is 2.71 bits per heavy atom. The van der Waals surface area contributed by atoms with Gasteiger partial charge in [0.15, 0.2) is 0 Å². The first-order chi connectivity index (χ1) is 13.5. The van der Waals surface area contributed by atoms with Gasteiger partial charge in [-0.05, 0) is 43.1 Å². The third-order valence-electron chi connectivity index (χ3n) is 5.05. The molecule has 1 fully saturated rings. The van der Waals surface area contributed by atoms with Gasteiger partial charge in [0.2, 0.25) is 0 Å². The summed E-state index contributed by atoms with van der Waals surface area (Å²) in [6.07, 6.45) is 8.22. The molecule has 3 rings (SSSR count). The summed E-state index contributed by atoms with van der Waals surface area (Å²) < 4.78 is 2.08. The van der Waals surface area contributed by atoms with Crippen molar-refractivity contribution in [1.29, 1.82) is 0 Å². The van der Waals surface area contributed by atoms with Crippen molar-refractivity contribution < 1.29 is 9.72 Å². The third kappa shape index (κ3) is 4.92. The van der Waals surface area contributed by atoms with Crippen LogP contribution in [0.4, 0.5) is 5.69 Å². The highest BCUT2D eigenvalue weighted by atomic mass is 32.2. The second-order valence-electron chi connectivity index (χ2n) is 7.50. The predicted molar refractivity (Wildman–Crippen MR) is 110 cm³/mol. The van der Waals surface area contributed by atoms with Gasteiger partial charge in [-0.2, -0.15) is 0 Å².